The van der Waals surface area contributed by atoms with E-state index in [2.05, 4.69) is 20.8 Å². The van der Waals surface area contributed by atoms with Gasteiger partial charge in [0.25, 0.3) is 0 Å². The Morgan fingerprint density at radius 1 is 0.594 bits per heavy atom. The van der Waals surface area contributed by atoms with Crippen molar-refractivity contribution in [2.45, 2.75) is 65.1 Å². The largest absolute Gasteiger partial charge is 0.377 e. The highest BCUT2D eigenvalue weighted by Gasteiger charge is 2.38. The standard InChI is InChI=1S/C22H47O9P/c1-7-21(3,4)30-19-17-28-15-13-26-11-9-25-10-12-27-14-16-29-18-20-31-32(23,24)22(5,6)8-2/h7-20H2,1-6H3,(H,23,24). The van der Waals surface area contributed by atoms with Crippen LogP contribution in [0, 0.1) is 0 Å². The molecular weight excluding hydrogens is 439 g/mol. The van der Waals surface area contributed by atoms with E-state index in [9.17, 15) is 9.46 Å². The molecule has 0 heterocycles. The van der Waals surface area contributed by atoms with Gasteiger partial charge in [0, 0.05) is 0 Å². The molecule has 0 aliphatic carbocycles. The summed E-state index contributed by atoms with van der Waals surface area (Å²) in [6, 6.07) is 0. The molecule has 0 fully saturated rings. The highest BCUT2D eigenvalue weighted by molar-refractivity contribution is 7.54. The average molecular weight is 487 g/mol. The van der Waals surface area contributed by atoms with E-state index in [-0.39, 0.29) is 18.8 Å². The summed E-state index contributed by atoms with van der Waals surface area (Å²) in [7, 11) is -3.64. The lowest BCUT2D eigenvalue weighted by atomic mass is 10.1. The van der Waals surface area contributed by atoms with Gasteiger partial charge >= 0.3 is 7.60 Å². The predicted molar refractivity (Wildman–Crippen MR) is 125 cm³/mol. The molecule has 0 saturated carbocycles. The van der Waals surface area contributed by atoms with Crippen LogP contribution in [0.3, 0.4) is 0 Å². The number of hydrogen-bond acceptors (Lipinski definition) is 8. The Kier molecular flexibility index (Phi) is 18.2. The maximum absolute atomic E-state index is 12.1. The lowest BCUT2D eigenvalue weighted by molar-refractivity contribution is -0.0560. The molecule has 0 radical (unpaired) electrons. The van der Waals surface area contributed by atoms with Crippen LogP contribution in [-0.4, -0.2) is 94.9 Å². The number of rotatable bonds is 23. The monoisotopic (exact) mass is 486 g/mol. The number of ether oxygens (including phenoxy) is 6. The normalized spacial score (nSPS) is 14.6. The van der Waals surface area contributed by atoms with Gasteiger partial charge in [-0.2, -0.15) is 0 Å². The fraction of sp³-hybridized carbons (Fsp3) is 1.00. The summed E-state index contributed by atoms with van der Waals surface area (Å²) in [5.41, 5.74) is -0.0951. The lowest BCUT2D eigenvalue weighted by Gasteiger charge is -2.27. The summed E-state index contributed by atoms with van der Waals surface area (Å²) < 4.78 is 50.0. The van der Waals surface area contributed by atoms with Crippen LogP contribution in [0.25, 0.3) is 0 Å². The fourth-order valence-corrected chi connectivity index (χ4v) is 3.13. The quantitative estimate of drug-likeness (QED) is 0.171. The van der Waals surface area contributed by atoms with Crippen molar-refractivity contribution in [2.24, 2.45) is 0 Å². The molecule has 0 amide bonds. The minimum atomic E-state index is -3.64. The van der Waals surface area contributed by atoms with Crippen LogP contribution in [0.2, 0.25) is 0 Å². The van der Waals surface area contributed by atoms with Crippen molar-refractivity contribution in [3.05, 3.63) is 0 Å². The molecule has 0 bridgehead atoms. The Bertz CT molecular complexity index is 486. The maximum atomic E-state index is 12.1. The molecule has 0 aromatic rings. The molecule has 0 aromatic heterocycles. The molecule has 0 saturated heterocycles. The molecule has 0 aromatic carbocycles. The van der Waals surface area contributed by atoms with E-state index in [0.717, 1.165) is 6.42 Å². The summed E-state index contributed by atoms with van der Waals surface area (Å²) in [6.45, 7) is 16.9. The third-order valence-electron chi connectivity index (χ3n) is 5.18. The summed E-state index contributed by atoms with van der Waals surface area (Å²) in [4.78, 5) is 9.93. The van der Waals surface area contributed by atoms with Crippen LogP contribution < -0.4 is 0 Å². The van der Waals surface area contributed by atoms with Gasteiger partial charge in [0.15, 0.2) is 0 Å². The lowest BCUT2D eigenvalue weighted by Crippen LogP contribution is -2.25. The molecular formula is C22H47O9P. The van der Waals surface area contributed by atoms with Crippen LogP contribution in [-0.2, 0) is 37.5 Å². The van der Waals surface area contributed by atoms with Gasteiger partial charge in [0.1, 0.15) is 0 Å². The van der Waals surface area contributed by atoms with Gasteiger partial charge in [-0.05, 0) is 40.5 Å². The van der Waals surface area contributed by atoms with Gasteiger partial charge in [-0.1, -0.05) is 13.8 Å². The van der Waals surface area contributed by atoms with Crippen molar-refractivity contribution in [2.75, 3.05) is 79.3 Å². The predicted octanol–water partition coefficient (Wildman–Crippen LogP) is 3.67. The highest BCUT2D eigenvalue weighted by Crippen LogP contribution is 2.56. The first-order valence-electron chi connectivity index (χ1n) is 11.6. The third kappa shape index (κ3) is 16.5. The van der Waals surface area contributed by atoms with Crippen molar-refractivity contribution in [1.82, 2.24) is 0 Å². The van der Waals surface area contributed by atoms with E-state index < -0.39 is 12.8 Å². The average Bonchev–Trinajstić information content (AvgIpc) is 2.75. The molecule has 0 rings (SSSR count). The van der Waals surface area contributed by atoms with Gasteiger partial charge in [-0.25, -0.2) is 0 Å². The maximum Gasteiger partial charge on any atom is 0.333 e. The van der Waals surface area contributed by atoms with E-state index >= 15 is 0 Å². The summed E-state index contributed by atoms with van der Waals surface area (Å²) >= 11 is 0. The van der Waals surface area contributed by atoms with Crippen LogP contribution in [0.5, 0.6) is 0 Å². The first-order valence-corrected chi connectivity index (χ1v) is 13.2. The zero-order valence-corrected chi connectivity index (χ0v) is 22.0. The van der Waals surface area contributed by atoms with E-state index in [1.165, 1.54) is 0 Å². The van der Waals surface area contributed by atoms with Gasteiger partial charge < -0.3 is 37.8 Å². The third-order valence-corrected chi connectivity index (χ3v) is 7.56. The zero-order chi connectivity index (χ0) is 24.3. The molecule has 9 nitrogen and oxygen atoms in total. The first kappa shape index (κ1) is 31.9. The Balaban J connectivity index is 3.30. The van der Waals surface area contributed by atoms with E-state index in [1.807, 2.05) is 6.92 Å². The number of hydrogen-bond donors (Lipinski definition) is 1. The van der Waals surface area contributed by atoms with Gasteiger partial charge in [0.05, 0.1) is 90.0 Å². The molecule has 0 spiro atoms. The van der Waals surface area contributed by atoms with Gasteiger partial charge in [-0.3, -0.25) is 4.57 Å². The van der Waals surface area contributed by atoms with E-state index in [4.69, 9.17) is 32.9 Å². The SMILES string of the molecule is CCC(C)(C)OCCOCCOCCOCCOCCOCCOP(=O)(O)C(C)(C)CC. The van der Waals surface area contributed by atoms with E-state index in [0.29, 0.717) is 72.5 Å². The fourth-order valence-electron chi connectivity index (χ4n) is 2.06. The van der Waals surface area contributed by atoms with Crippen LogP contribution in [0.15, 0.2) is 0 Å². The zero-order valence-electron chi connectivity index (χ0n) is 21.1. The Labute approximate surface area is 194 Å². The molecule has 10 heteroatoms. The van der Waals surface area contributed by atoms with Crippen LogP contribution >= 0.6 is 7.60 Å². The van der Waals surface area contributed by atoms with Crippen molar-refractivity contribution in [3.63, 3.8) is 0 Å². The minimum Gasteiger partial charge on any atom is -0.377 e. The molecule has 1 unspecified atom stereocenters. The van der Waals surface area contributed by atoms with Gasteiger partial charge in [-0.15, -0.1) is 0 Å². The topological polar surface area (TPSA) is 102 Å². The van der Waals surface area contributed by atoms with Crippen molar-refractivity contribution < 1.29 is 42.4 Å². The van der Waals surface area contributed by atoms with Crippen molar-refractivity contribution in [1.29, 1.82) is 0 Å². The molecule has 194 valence electrons. The minimum absolute atomic E-state index is 0.0795. The summed E-state index contributed by atoms with van der Waals surface area (Å²) in [5, 5.41) is -0.754. The second-order valence-corrected chi connectivity index (χ2v) is 11.1. The van der Waals surface area contributed by atoms with Gasteiger partial charge in [0.2, 0.25) is 0 Å². The molecule has 1 atom stereocenters. The van der Waals surface area contributed by atoms with Crippen LogP contribution in [0.1, 0.15) is 54.4 Å². The molecule has 1 N–H and O–H groups in total. The smallest absolute Gasteiger partial charge is 0.333 e. The summed E-state index contributed by atoms with van der Waals surface area (Å²) in [6.07, 6.45) is 1.53. The Hall–Kier alpha value is -0.0900. The Morgan fingerprint density at radius 3 is 1.28 bits per heavy atom. The molecule has 0 aliphatic heterocycles. The summed E-state index contributed by atoms with van der Waals surface area (Å²) in [5.74, 6) is 0. The Morgan fingerprint density at radius 2 is 0.938 bits per heavy atom. The second-order valence-electron chi connectivity index (χ2n) is 8.54. The van der Waals surface area contributed by atoms with E-state index in [1.54, 1.807) is 13.8 Å². The molecule has 0 aliphatic rings. The highest BCUT2D eigenvalue weighted by atomic mass is 31.2. The van der Waals surface area contributed by atoms with Crippen LogP contribution in [0.4, 0.5) is 0 Å². The van der Waals surface area contributed by atoms with Crippen molar-refractivity contribution >= 4 is 7.60 Å². The first-order chi connectivity index (χ1) is 15.1. The van der Waals surface area contributed by atoms with Crippen molar-refractivity contribution in [3.8, 4) is 0 Å². The molecule has 32 heavy (non-hydrogen) atoms. The second kappa shape index (κ2) is 18.3.